The zero-order valence-corrected chi connectivity index (χ0v) is 20.9. The zero-order valence-electron chi connectivity index (χ0n) is 20.9. The smallest absolute Gasteiger partial charge is 0.247 e. The molecule has 8 nitrogen and oxygen atoms in total. The van der Waals surface area contributed by atoms with Gasteiger partial charge in [0.15, 0.2) is 0 Å². The Balaban J connectivity index is 2.25. The summed E-state index contributed by atoms with van der Waals surface area (Å²) in [5.41, 5.74) is 4.62. The first-order valence-electron chi connectivity index (χ1n) is 11.0. The molecule has 0 aromatic heterocycles. The van der Waals surface area contributed by atoms with Crippen molar-refractivity contribution in [1.82, 2.24) is 0 Å². The van der Waals surface area contributed by atoms with Crippen LogP contribution >= 0.6 is 0 Å². The van der Waals surface area contributed by atoms with E-state index in [0.29, 0.717) is 35.2 Å². The molecule has 0 unspecified atom stereocenters. The van der Waals surface area contributed by atoms with Crippen LogP contribution in [0.25, 0.3) is 0 Å². The summed E-state index contributed by atoms with van der Waals surface area (Å²) in [5, 5.41) is 8.93. The molecule has 8 heteroatoms. The highest BCUT2D eigenvalue weighted by Gasteiger charge is 2.16. The minimum atomic E-state index is -0.316. The van der Waals surface area contributed by atoms with Crippen LogP contribution in [0.3, 0.4) is 0 Å². The predicted molar refractivity (Wildman–Crippen MR) is 145 cm³/mol. The lowest BCUT2D eigenvalue weighted by molar-refractivity contribution is -0.116. The molecule has 0 aliphatic rings. The Kier molecular flexibility index (Phi) is 9.84. The van der Waals surface area contributed by atoms with Crippen LogP contribution in [0.4, 0.5) is 22.7 Å². The van der Waals surface area contributed by atoms with Crippen LogP contribution in [-0.2, 0) is 9.59 Å². The first kappa shape index (κ1) is 26.9. The fourth-order valence-corrected chi connectivity index (χ4v) is 3.11. The van der Waals surface area contributed by atoms with E-state index in [9.17, 15) is 9.59 Å². The molecule has 0 radical (unpaired) electrons. The number of carbonyl (C=O) groups excluding carboxylic acids is 2. The average Bonchev–Trinajstić information content (AvgIpc) is 2.84. The van der Waals surface area contributed by atoms with Gasteiger partial charge in [0.05, 0.1) is 25.0 Å². The number of amides is 2. The molecule has 0 saturated heterocycles. The van der Waals surface area contributed by atoms with E-state index >= 15 is 0 Å². The molecular formula is C27H33N5O3. The molecule has 0 fully saturated rings. The van der Waals surface area contributed by atoms with Gasteiger partial charge in [-0.05, 0) is 43.7 Å². The molecule has 2 rings (SSSR count). The van der Waals surface area contributed by atoms with Crippen molar-refractivity contribution in [3.8, 4) is 5.75 Å². The van der Waals surface area contributed by atoms with Crippen LogP contribution in [-0.4, -0.2) is 38.7 Å². The van der Waals surface area contributed by atoms with Gasteiger partial charge in [-0.2, -0.15) is 0 Å². The zero-order chi connectivity index (χ0) is 26.0. The molecule has 184 valence electrons. The number of rotatable bonds is 11. The minimum Gasteiger partial charge on any atom is -0.497 e. The van der Waals surface area contributed by atoms with Crippen LogP contribution in [0, 0.1) is 0 Å². The third-order valence-electron chi connectivity index (χ3n) is 5.10. The monoisotopic (exact) mass is 475 g/mol. The molecule has 0 heterocycles. The van der Waals surface area contributed by atoms with Crippen LogP contribution in [0.2, 0.25) is 0 Å². The maximum absolute atomic E-state index is 12.6. The minimum absolute atomic E-state index is 0.115. The van der Waals surface area contributed by atoms with Crippen LogP contribution in [0.5, 0.6) is 5.75 Å². The van der Waals surface area contributed by atoms with Gasteiger partial charge in [-0.25, -0.2) is 4.99 Å². The number of nitrogens with zero attached hydrogens (tertiary/aromatic N) is 2. The van der Waals surface area contributed by atoms with E-state index in [4.69, 9.17) is 4.74 Å². The van der Waals surface area contributed by atoms with Gasteiger partial charge in [0.25, 0.3) is 0 Å². The number of hydrogen-bond acceptors (Lipinski definition) is 6. The second-order valence-corrected chi connectivity index (χ2v) is 7.87. The lowest BCUT2D eigenvalue weighted by Gasteiger charge is -2.24. The lowest BCUT2D eigenvalue weighted by atomic mass is 10.1. The SMILES string of the molecule is C=CC(=O)Nc1ccccc1NC(=C)N=CC(CN(C(C)=O)c1cc(NC)cc(OC)c1)=C(C)C. The molecule has 2 aromatic carbocycles. The van der Waals surface area contributed by atoms with Crippen LogP contribution in [0.15, 0.2) is 83.7 Å². The molecule has 2 amide bonds. The topological polar surface area (TPSA) is 95.1 Å². The molecular weight excluding hydrogens is 442 g/mol. The van der Waals surface area contributed by atoms with E-state index in [-0.39, 0.29) is 11.8 Å². The first-order chi connectivity index (χ1) is 16.7. The van der Waals surface area contributed by atoms with Crippen molar-refractivity contribution < 1.29 is 14.3 Å². The summed E-state index contributed by atoms with van der Waals surface area (Å²) in [5.74, 6) is 0.586. The average molecular weight is 476 g/mol. The maximum atomic E-state index is 12.6. The van der Waals surface area contributed by atoms with E-state index in [1.54, 1.807) is 30.4 Å². The van der Waals surface area contributed by atoms with Gasteiger partial charge in [-0.1, -0.05) is 30.9 Å². The number of allylic oxidation sites excluding steroid dienone is 1. The van der Waals surface area contributed by atoms with Crippen molar-refractivity contribution in [3.63, 3.8) is 0 Å². The second-order valence-electron chi connectivity index (χ2n) is 7.87. The van der Waals surface area contributed by atoms with Gasteiger partial charge >= 0.3 is 0 Å². The highest BCUT2D eigenvalue weighted by atomic mass is 16.5. The maximum Gasteiger partial charge on any atom is 0.247 e. The number of nitrogens with one attached hydrogen (secondary N) is 3. The fourth-order valence-electron chi connectivity index (χ4n) is 3.11. The summed E-state index contributed by atoms with van der Waals surface area (Å²) in [6.45, 7) is 13.2. The summed E-state index contributed by atoms with van der Waals surface area (Å²) in [6.07, 6.45) is 2.89. The van der Waals surface area contributed by atoms with E-state index in [2.05, 4.69) is 34.1 Å². The molecule has 0 aliphatic heterocycles. The number of ether oxygens (including phenoxy) is 1. The van der Waals surface area contributed by atoms with E-state index in [1.165, 1.54) is 13.0 Å². The Morgan fingerprint density at radius 3 is 2.29 bits per heavy atom. The van der Waals surface area contributed by atoms with E-state index in [0.717, 1.165) is 16.8 Å². The highest BCUT2D eigenvalue weighted by Crippen LogP contribution is 2.28. The summed E-state index contributed by atoms with van der Waals surface area (Å²) in [6, 6.07) is 12.8. The Labute approximate surface area is 207 Å². The third kappa shape index (κ3) is 7.89. The van der Waals surface area contributed by atoms with Gasteiger partial charge in [-0.15, -0.1) is 0 Å². The quantitative estimate of drug-likeness (QED) is 0.307. The van der Waals surface area contributed by atoms with E-state index < -0.39 is 0 Å². The summed E-state index contributed by atoms with van der Waals surface area (Å²) >= 11 is 0. The Bertz CT molecular complexity index is 1140. The largest absolute Gasteiger partial charge is 0.497 e. The van der Waals surface area contributed by atoms with Crippen molar-refractivity contribution in [2.45, 2.75) is 20.8 Å². The van der Waals surface area contributed by atoms with Crippen molar-refractivity contribution in [2.24, 2.45) is 4.99 Å². The normalized spacial score (nSPS) is 10.3. The van der Waals surface area contributed by atoms with Gasteiger partial charge in [0.2, 0.25) is 11.8 Å². The number of para-hydroxylation sites is 2. The molecule has 2 aromatic rings. The summed E-state index contributed by atoms with van der Waals surface area (Å²) < 4.78 is 5.39. The summed E-state index contributed by atoms with van der Waals surface area (Å²) in [7, 11) is 3.40. The number of anilines is 4. The van der Waals surface area contributed by atoms with Crippen molar-refractivity contribution in [3.05, 3.63) is 78.7 Å². The first-order valence-corrected chi connectivity index (χ1v) is 11.0. The lowest BCUT2D eigenvalue weighted by Crippen LogP contribution is -2.31. The van der Waals surface area contributed by atoms with Crippen LogP contribution in [0.1, 0.15) is 20.8 Å². The third-order valence-corrected chi connectivity index (χ3v) is 5.10. The predicted octanol–water partition coefficient (Wildman–Crippen LogP) is 5.20. The van der Waals surface area contributed by atoms with Gasteiger partial charge < -0.3 is 25.6 Å². The molecule has 0 atom stereocenters. The number of carbonyl (C=O) groups is 2. The standard InChI is InChI=1S/C27H33N5O3/c1-8-27(34)31-26-12-10-9-11-25(26)30-19(4)29-16-21(18(2)3)17-32(20(5)33)23-13-22(28-6)14-24(15-23)35-7/h8-16,28,30H,1,4,17H2,2-3,5-7H3,(H,31,34). The van der Waals surface area contributed by atoms with Crippen molar-refractivity contribution in [2.75, 3.05) is 41.6 Å². The van der Waals surface area contributed by atoms with E-state index in [1.807, 2.05) is 51.2 Å². The Morgan fingerprint density at radius 1 is 1.09 bits per heavy atom. The molecule has 0 bridgehead atoms. The fraction of sp³-hybridized carbons (Fsp3) is 0.222. The van der Waals surface area contributed by atoms with Gasteiger partial charge in [0, 0.05) is 43.7 Å². The number of methoxy groups -OCH3 is 1. The summed E-state index contributed by atoms with van der Waals surface area (Å²) in [4.78, 5) is 30.4. The van der Waals surface area contributed by atoms with Crippen molar-refractivity contribution in [1.29, 1.82) is 0 Å². The van der Waals surface area contributed by atoms with Crippen molar-refractivity contribution >= 4 is 40.8 Å². The number of aliphatic imine (C=N–C) groups is 1. The molecule has 0 spiro atoms. The van der Waals surface area contributed by atoms with Gasteiger partial charge in [-0.3, -0.25) is 9.59 Å². The molecule has 0 saturated carbocycles. The Hall–Kier alpha value is -4.33. The highest BCUT2D eigenvalue weighted by molar-refractivity contribution is 6.01. The molecule has 35 heavy (non-hydrogen) atoms. The number of hydrogen-bond donors (Lipinski definition) is 3. The second kappa shape index (κ2) is 12.8. The van der Waals surface area contributed by atoms with Gasteiger partial charge in [0.1, 0.15) is 11.6 Å². The molecule has 0 aliphatic carbocycles. The van der Waals surface area contributed by atoms with Crippen LogP contribution < -0.4 is 25.6 Å². The molecule has 3 N–H and O–H groups in total. The number of benzene rings is 2. The Morgan fingerprint density at radius 2 is 1.74 bits per heavy atom.